The lowest BCUT2D eigenvalue weighted by atomic mass is 10.2. The van der Waals surface area contributed by atoms with Crippen LogP contribution in [-0.2, 0) is 6.54 Å². The quantitative estimate of drug-likeness (QED) is 0.411. The average molecular weight is 357 g/mol. The number of aryl methyl sites for hydroxylation is 2. The Morgan fingerprint density at radius 2 is 2.20 bits per heavy atom. The van der Waals surface area contributed by atoms with E-state index in [0.29, 0.717) is 12.4 Å². The van der Waals surface area contributed by atoms with Crippen LogP contribution in [0, 0.1) is 24.0 Å². The van der Waals surface area contributed by atoms with E-state index in [4.69, 9.17) is 4.98 Å². The lowest BCUT2D eigenvalue weighted by molar-refractivity contribution is -0.385. The van der Waals surface area contributed by atoms with Gasteiger partial charge in [-0.1, -0.05) is 6.92 Å². The van der Waals surface area contributed by atoms with E-state index >= 15 is 0 Å². The first-order valence-electron chi connectivity index (χ1n) is 7.72. The normalized spacial score (nSPS) is 12.9. The standard InChI is InChI=1S/C15H15N7O2S/c1-8(5-20-6-11(4-17-20)22(23)24)13-18-14-12-9(2)10(3)25-15(12)16-7-21(14)19-13/h4,6-8H,5H2,1-3H3/t8-/m1/s1. The van der Waals surface area contributed by atoms with Crippen molar-refractivity contribution in [1.29, 1.82) is 0 Å². The van der Waals surface area contributed by atoms with Gasteiger partial charge in [-0.25, -0.2) is 14.5 Å². The van der Waals surface area contributed by atoms with Crippen LogP contribution in [0.3, 0.4) is 0 Å². The minimum atomic E-state index is -0.457. The number of hydrogen-bond acceptors (Lipinski definition) is 7. The van der Waals surface area contributed by atoms with E-state index in [-0.39, 0.29) is 11.6 Å². The van der Waals surface area contributed by atoms with Crippen LogP contribution in [0.5, 0.6) is 0 Å². The highest BCUT2D eigenvalue weighted by Crippen LogP contribution is 2.31. The summed E-state index contributed by atoms with van der Waals surface area (Å²) in [4.78, 5) is 21.6. The minimum absolute atomic E-state index is 0.0227. The Labute approximate surface area is 146 Å². The average Bonchev–Trinajstić information content (AvgIpc) is 3.25. The molecule has 128 valence electrons. The van der Waals surface area contributed by atoms with Gasteiger partial charge in [0.1, 0.15) is 23.6 Å². The summed E-state index contributed by atoms with van der Waals surface area (Å²) < 4.78 is 3.24. The molecule has 9 nitrogen and oxygen atoms in total. The molecule has 0 fully saturated rings. The van der Waals surface area contributed by atoms with E-state index in [2.05, 4.69) is 29.0 Å². The minimum Gasteiger partial charge on any atom is -0.265 e. The molecule has 4 heterocycles. The molecular weight excluding hydrogens is 342 g/mol. The highest BCUT2D eigenvalue weighted by Gasteiger charge is 2.18. The van der Waals surface area contributed by atoms with Crippen molar-refractivity contribution in [1.82, 2.24) is 29.4 Å². The smallest absolute Gasteiger partial charge is 0.265 e. The lowest BCUT2D eigenvalue weighted by Crippen LogP contribution is -2.08. The Morgan fingerprint density at radius 3 is 2.92 bits per heavy atom. The van der Waals surface area contributed by atoms with Crippen LogP contribution in [0.1, 0.15) is 29.1 Å². The molecule has 0 saturated carbocycles. The van der Waals surface area contributed by atoms with Gasteiger partial charge in [0.2, 0.25) is 0 Å². The lowest BCUT2D eigenvalue weighted by Gasteiger charge is -2.06. The first-order valence-corrected chi connectivity index (χ1v) is 8.53. The predicted octanol–water partition coefficient (Wildman–Crippen LogP) is 2.86. The summed E-state index contributed by atoms with van der Waals surface area (Å²) in [6.07, 6.45) is 4.34. The van der Waals surface area contributed by atoms with Gasteiger partial charge in [-0.2, -0.15) is 5.10 Å². The van der Waals surface area contributed by atoms with Crippen molar-refractivity contribution in [3.63, 3.8) is 0 Å². The molecule has 4 aromatic rings. The van der Waals surface area contributed by atoms with Gasteiger partial charge in [-0.15, -0.1) is 16.4 Å². The van der Waals surface area contributed by atoms with Gasteiger partial charge < -0.3 is 0 Å². The number of nitrogens with zero attached hydrogens (tertiary/aromatic N) is 7. The monoisotopic (exact) mass is 357 g/mol. The molecule has 0 radical (unpaired) electrons. The van der Waals surface area contributed by atoms with Crippen LogP contribution in [0.4, 0.5) is 5.69 Å². The Bertz CT molecular complexity index is 1110. The number of rotatable bonds is 4. The number of thiophene rings is 1. The summed E-state index contributed by atoms with van der Waals surface area (Å²) in [6.45, 7) is 6.57. The molecule has 0 aliphatic heterocycles. The molecule has 0 unspecified atom stereocenters. The molecule has 0 amide bonds. The molecule has 1 atom stereocenters. The van der Waals surface area contributed by atoms with E-state index in [0.717, 1.165) is 15.9 Å². The summed E-state index contributed by atoms with van der Waals surface area (Å²) in [5.74, 6) is 0.616. The maximum atomic E-state index is 10.8. The van der Waals surface area contributed by atoms with Crippen molar-refractivity contribution in [3.8, 4) is 0 Å². The highest BCUT2D eigenvalue weighted by molar-refractivity contribution is 7.18. The van der Waals surface area contributed by atoms with E-state index < -0.39 is 4.92 Å². The first-order chi connectivity index (χ1) is 11.9. The molecule has 0 saturated heterocycles. The van der Waals surface area contributed by atoms with Crippen molar-refractivity contribution in [2.45, 2.75) is 33.2 Å². The van der Waals surface area contributed by atoms with Gasteiger partial charge in [0.25, 0.3) is 0 Å². The molecule has 4 aromatic heterocycles. The summed E-state index contributed by atoms with van der Waals surface area (Å²) in [6, 6.07) is 0. The third kappa shape index (κ3) is 2.54. The van der Waals surface area contributed by atoms with Crippen molar-refractivity contribution >= 4 is 32.9 Å². The van der Waals surface area contributed by atoms with Crippen LogP contribution in [0.25, 0.3) is 15.9 Å². The van der Waals surface area contributed by atoms with Crippen LogP contribution < -0.4 is 0 Å². The Kier molecular flexibility index (Phi) is 3.49. The predicted molar refractivity (Wildman–Crippen MR) is 92.9 cm³/mol. The molecule has 0 aliphatic rings. The second kappa shape index (κ2) is 5.59. The number of fused-ring (bicyclic) bond motifs is 3. The van der Waals surface area contributed by atoms with E-state index in [1.807, 2.05) is 6.92 Å². The third-order valence-corrected chi connectivity index (χ3v) is 5.37. The van der Waals surface area contributed by atoms with Gasteiger partial charge >= 0.3 is 5.69 Å². The van der Waals surface area contributed by atoms with Crippen molar-refractivity contribution in [2.75, 3.05) is 0 Å². The van der Waals surface area contributed by atoms with Gasteiger partial charge in [0.05, 0.1) is 16.9 Å². The number of aromatic nitrogens is 6. The second-order valence-electron chi connectivity index (χ2n) is 6.02. The molecule has 0 bridgehead atoms. The van der Waals surface area contributed by atoms with Gasteiger partial charge in [-0.3, -0.25) is 14.8 Å². The van der Waals surface area contributed by atoms with Crippen molar-refractivity contribution in [2.24, 2.45) is 0 Å². The molecule has 0 aromatic carbocycles. The van der Waals surface area contributed by atoms with E-state index in [1.165, 1.54) is 22.8 Å². The fraction of sp³-hybridized carbons (Fsp3) is 0.333. The van der Waals surface area contributed by atoms with Crippen LogP contribution in [0.2, 0.25) is 0 Å². The topological polar surface area (TPSA) is 104 Å². The Balaban J connectivity index is 1.70. The SMILES string of the molecule is Cc1sc2ncn3nc([C@H](C)Cn4cc([N+](=O)[O-])cn4)nc3c2c1C. The molecule has 25 heavy (non-hydrogen) atoms. The molecule has 4 rings (SSSR count). The van der Waals surface area contributed by atoms with Crippen molar-refractivity contribution in [3.05, 3.63) is 45.1 Å². The molecule has 0 N–H and O–H groups in total. The zero-order chi connectivity index (χ0) is 17.7. The number of hydrogen-bond donors (Lipinski definition) is 0. The fourth-order valence-corrected chi connectivity index (χ4v) is 3.77. The van der Waals surface area contributed by atoms with E-state index in [9.17, 15) is 10.1 Å². The first kappa shape index (κ1) is 15.6. The molecule has 10 heteroatoms. The summed E-state index contributed by atoms with van der Waals surface area (Å²) >= 11 is 1.65. The summed E-state index contributed by atoms with van der Waals surface area (Å²) in [5.41, 5.74) is 1.94. The Hall–Kier alpha value is -2.88. The Morgan fingerprint density at radius 1 is 1.40 bits per heavy atom. The zero-order valence-electron chi connectivity index (χ0n) is 13.9. The van der Waals surface area contributed by atoms with Gasteiger partial charge in [-0.05, 0) is 19.4 Å². The maximum Gasteiger partial charge on any atom is 0.306 e. The number of nitro groups is 1. The van der Waals surface area contributed by atoms with Gasteiger partial charge in [0.15, 0.2) is 11.5 Å². The third-order valence-electron chi connectivity index (χ3n) is 4.25. The van der Waals surface area contributed by atoms with Crippen LogP contribution in [0.15, 0.2) is 18.7 Å². The highest BCUT2D eigenvalue weighted by atomic mass is 32.1. The molecule has 0 spiro atoms. The molecule has 0 aliphatic carbocycles. The summed E-state index contributed by atoms with van der Waals surface area (Å²) in [7, 11) is 0. The zero-order valence-corrected chi connectivity index (χ0v) is 14.7. The molecular formula is C15H15N7O2S. The van der Waals surface area contributed by atoms with Crippen LogP contribution in [-0.4, -0.2) is 34.3 Å². The fourth-order valence-electron chi connectivity index (χ4n) is 2.78. The van der Waals surface area contributed by atoms with Crippen molar-refractivity contribution < 1.29 is 4.92 Å². The van der Waals surface area contributed by atoms with E-state index in [1.54, 1.807) is 26.9 Å². The van der Waals surface area contributed by atoms with Crippen LogP contribution >= 0.6 is 11.3 Å². The maximum absolute atomic E-state index is 10.8. The summed E-state index contributed by atoms with van der Waals surface area (Å²) in [5, 5.41) is 20.3. The largest absolute Gasteiger partial charge is 0.306 e. The second-order valence-corrected chi connectivity index (χ2v) is 7.23. The van der Waals surface area contributed by atoms with Gasteiger partial charge in [0, 0.05) is 10.8 Å².